The minimum Gasteiger partial charge on any atom is -0.298 e. The van der Waals surface area contributed by atoms with Crippen LogP contribution < -0.4 is 0 Å². The largest absolute Gasteiger partial charge is 0.298 e. The first-order valence-corrected chi connectivity index (χ1v) is 7.76. The lowest BCUT2D eigenvalue weighted by Gasteiger charge is -2.27. The van der Waals surface area contributed by atoms with E-state index < -0.39 is 0 Å². The van der Waals surface area contributed by atoms with Crippen LogP contribution in [0.1, 0.15) is 63.9 Å². The Labute approximate surface area is 134 Å². The van der Waals surface area contributed by atoms with Gasteiger partial charge in [0.05, 0.1) is 11.4 Å². The van der Waals surface area contributed by atoms with Gasteiger partial charge in [0.1, 0.15) is 0 Å². The van der Waals surface area contributed by atoms with Gasteiger partial charge in [-0.15, -0.1) is 0 Å². The average molecular weight is 294 g/mol. The maximum Gasteiger partial charge on any atom is 0.0885 e. The number of pyridine rings is 1. The van der Waals surface area contributed by atoms with Crippen LogP contribution in [0.15, 0.2) is 42.6 Å². The molecule has 0 saturated carbocycles. The summed E-state index contributed by atoms with van der Waals surface area (Å²) in [7, 11) is 0. The summed E-state index contributed by atoms with van der Waals surface area (Å²) in [4.78, 5) is 4.35. The van der Waals surface area contributed by atoms with Crippen LogP contribution in [0.5, 0.6) is 0 Å². The van der Waals surface area contributed by atoms with E-state index in [9.17, 15) is 0 Å². The van der Waals surface area contributed by atoms with Crippen molar-refractivity contribution in [1.82, 2.24) is 4.98 Å². The fourth-order valence-electron chi connectivity index (χ4n) is 2.52. The second-order valence-corrected chi connectivity index (χ2v) is 7.85. The third-order valence-electron chi connectivity index (χ3n) is 3.88. The molecule has 2 aromatic rings. The third kappa shape index (κ3) is 3.44. The van der Waals surface area contributed by atoms with E-state index in [1.54, 1.807) is 6.20 Å². The standard InChI is InChI=1S/C20H26N2/c1-19(2,3)14-10-11-16(20(4,5)6)15(13-14)18(21)17-9-7-8-12-22-17/h7-13,21H,1-6H3. The second kappa shape index (κ2) is 5.68. The van der Waals surface area contributed by atoms with E-state index in [-0.39, 0.29) is 10.8 Å². The van der Waals surface area contributed by atoms with Crippen LogP contribution in [-0.2, 0) is 10.8 Å². The van der Waals surface area contributed by atoms with Crippen LogP contribution in [0.3, 0.4) is 0 Å². The maximum absolute atomic E-state index is 8.63. The monoisotopic (exact) mass is 294 g/mol. The van der Waals surface area contributed by atoms with E-state index in [1.165, 1.54) is 11.1 Å². The van der Waals surface area contributed by atoms with E-state index in [4.69, 9.17) is 5.41 Å². The van der Waals surface area contributed by atoms with Gasteiger partial charge in [-0.1, -0.05) is 59.7 Å². The molecule has 2 nitrogen and oxygen atoms in total. The molecule has 0 atom stereocenters. The van der Waals surface area contributed by atoms with Gasteiger partial charge in [0.25, 0.3) is 0 Å². The molecule has 1 aromatic heterocycles. The van der Waals surface area contributed by atoms with Gasteiger partial charge in [-0.2, -0.15) is 0 Å². The Balaban J connectivity index is 2.63. The topological polar surface area (TPSA) is 36.7 Å². The third-order valence-corrected chi connectivity index (χ3v) is 3.88. The quantitative estimate of drug-likeness (QED) is 0.769. The van der Waals surface area contributed by atoms with Crippen molar-refractivity contribution < 1.29 is 0 Å². The summed E-state index contributed by atoms with van der Waals surface area (Å²) in [5.74, 6) is 0. The van der Waals surface area contributed by atoms with Crippen molar-refractivity contribution in [2.24, 2.45) is 0 Å². The number of nitrogens with one attached hydrogen (secondary N) is 1. The molecule has 0 bridgehead atoms. The van der Waals surface area contributed by atoms with Crippen LogP contribution in [0.2, 0.25) is 0 Å². The molecule has 1 heterocycles. The zero-order chi connectivity index (χ0) is 16.5. The molecule has 22 heavy (non-hydrogen) atoms. The van der Waals surface area contributed by atoms with Crippen LogP contribution >= 0.6 is 0 Å². The van der Waals surface area contributed by atoms with Crippen molar-refractivity contribution >= 4 is 5.71 Å². The summed E-state index contributed by atoms with van der Waals surface area (Å²) in [6.07, 6.45) is 1.74. The van der Waals surface area contributed by atoms with Gasteiger partial charge in [0, 0.05) is 11.8 Å². The van der Waals surface area contributed by atoms with Crippen molar-refractivity contribution in [2.45, 2.75) is 52.4 Å². The molecule has 0 unspecified atom stereocenters. The number of aromatic nitrogens is 1. The van der Waals surface area contributed by atoms with Gasteiger partial charge < -0.3 is 0 Å². The minimum absolute atomic E-state index is 0.00712. The summed E-state index contributed by atoms with van der Waals surface area (Å²) in [5, 5.41) is 8.63. The van der Waals surface area contributed by atoms with Crippen LogP contribution in [0.4, 0.5) is 0 Å². The first kappa shape index (κ1) is 16.4. The highest BCUT2D eigenvalue weighted by Gasteiger charge is 2.24. The molecule has 1 N–H and O–H groups in total. The minimum atomic E-state index is -0.00712. The molecule has 0 amide bonds. The molecule has 116 valence electrons. The van der Waals surface area contributed by atoms with E-state index in [0.717, 1.165) is 11.3 Å². The molecule has 0 aliphatic rings. The Morgan fingerprint density at radius 1 is 0.909 bits per heavy atom. The molecule has 0 spiro atoms. The fourth-order valence-corrected chi connectivity index (χ4v) is 2.52. The predicted octanol–water partition coefficient (Wildman–Crippen LogP) is 5.09. The normalized spacial score (nSPS) is 12.3. The Bertz CT molecular complexity index is 671. The molecular weight excluding hydrogens is 268 g/mol. The molecule has 2 rings (SSSR count). The first-order valence-electron chi connectivity index (χ1n) is 7.76. The summed E-state index contributed by atoms with van der Waals surface area (Å²) >= 11 is 0. The Kier molecular flexibility index (Phi) is 4.23. The lowest BCUT2D eigenvalue weighted by Crippen LogP contribution is -2.20. The van der Waals surface area contributed by atoms with Gasteiger partial charge in [-0.05, 0) is 40.2 Å². The Morgan fingerprint density at radius 2 is 1.59 bits per heavy atom. The number of hydrogen-bond donors (Lipinski definition) is 1. The molecule has 0 radical (unpaired) electrons. The number of rotatable bonds is 2. The lowest BCUT2D eigenvalue weighted by atomic mass is 9.78. The average Bonchev–Trinajstić information content (AvgIpc) is 2.45. The molecular formula is C20H26N2. The SMILES string of the molecule is CC(C)(C)c1ccc(C(C)(C)C)c(C(=N)c2ccccn2)c1. The van der Waals surface area contributed by atoms with Crippen molar-refractivity contribution in [1.29, 1.82) is 5.41 Å². The van der Waals surface area contributed by atoms with Crippen LogP contribution in [-0.4, -0.2) is 10.7 Å². The molecule has 0 aliphatic heterocycles. The molecule has 1 aromatic carbocycles. The van der Waals surface area contributed by atoms with Crippen molar-refractivity contribution in [2.75, 3.05) is 0 Å². The number of benzene rings is 1. The van der Waals surface area contributed by atoms with Crippen LogP contribution in [0.25, 0.3) is 0 Å². The van der Waals surface area contributed by atoms with Crippen molar-refractivity contribution in [3.05, 3.63) is 65.0 Å². The van der Waals surface area contributed by atoms with Crippen molar-refractivity contribution in [3.63, 3.8) is 0 Å². The molecule has 0 fully saturated rings. The van der Waals surface area contributed by atoms with Gasteiger partial charge in [-0.3, -0.25) is 10.4 Å². The summed E-state index contributed by atoms with van der Waals surface area (Å²) in [6.45, 7) is 13.2. The lowest BCUT2D eigenvalue weighted by molar-refractivity contribution is 0.576. The Morgan fingerprint density at radius 3 is 2.09 bits per heavy atom. The van der Waals surface area contributed by atoms with E-state index in [2.05, 4.69) is 64.7 Å². The highest BCUT2D eigenvalue weighted by Crippen LogP contribution is 2.31. The number of nitrogens with zero attached hydrogens (tertiary/aromatic N) is 1. The number of hydrogen-bond acceptors (Lipinski definition) is 2. The van der Waals surface area contributed by atoms with Gasteiger partial charge in [-0.25, -0.2) is 0 Å². The van der Waals surface area contributed by atoms with E-state index in [1.807, 2.05) is 18.2 Å². The zero-order valence-corrected chi connectivity index (χ0v) is 14.5. The van der Waals surface area contributed by atoms with Crippen LogP contribution in [0, 0.1) is 5.41 Å². The maximum atomic E-state index is 8.63. The van der Waals surface area contributed by atoms with E-state index >= 15 is 0 Å². The summed E-state index contributed by atoms with van der Waals surface area (Å²) in [5.41, 5.74) is 4.70. The first-order chi connectivity index (χ1) is 10.1. The fraction of sp³-hybridized carbons (Fsp3) is 0.400. The van der Waals surface area contributed by atoms with Gasteiger partial charge in [0.15, 0.2) is 0 Å². The summed E-state index contributed by atoms with van der Waals surface area (Å²) in [6, 6.07) is 12.2. The predicted molar refractivity (Wildman–Crippen MR) is 94.0 cm³/mol. The smallest absolute Gasteiger partial charge is 0.0885 e. The van der Waals surface area contributed by atoms with E-state index in [0.29, 0.717) is 5.71 Å². The van der Waals surface area contributed by atoms with Gasteiger partial charge >= 0.3 is 0 Å². The molecule has 0 saturated heterocycles. The van der Waals surface area contributed by atoms with Gasteiger partial charge in [0.2, 0.25) is 0 Å². The second-order valence-electron chi connectivity index (χ2n) is 7.85. The zero-order valence-electron chi connectivity index (χ0n) is 14.5. The summed E-state index contributed by atoms with van der Waals surface area (Å²) < 4.78 is 0. The molecule has 2 heteroatoms. The Hall–Kier alpha value is -1.96. The highest BCUT2D eigenvalue weighted by atomic mass is 14.7. The highest BCUT2D eigenvalue weighted by molar-refractivity contribution is 6.10. The van der Waals surface area contributed by atoms with Crippen molar-refractivity contribution in [3.8, 4) is 0 Å². The molecule has 0 aliphatic carbocycles.